The van der Waals surface area contributed by atoms with Crippen molar-refractivity contribution >= 4 is 0 Å². The highest BCUT2D eigenvalue weighted by molar-refractivity contribution is 4.81. The molecule has 118 valence electrons. The molecule has 0 bridgehead atoms. The SMILES string of the molecule is CC(CCN1CCC(C(C)(C)C)CC1)C1CCNCC1. The van der Waals surface area contributed by atoms with E-state index in [1.165, 1.54) is 64.8 Å². The summed E-state index contributed by atoms with van der Waals surface area (Å²) in [6.45, 7) is 16.2. The van der Waals surface area contributed by atoms with Crippen LogP contribution in [0.4, 0.5) is 0 Å². The summed E-state index contributed by atoms with van der Waals surface area (Å²) in [5.74, 6) is 2.82. The lowest BCUT2D eigenvalue weighted by Crippen LogP contribution is -2.39. The first-order valence-electron chi connectivity index (χ1n) is 8.90. The summed E-state index contributed by atoms with van der Waals surface area (Å²) >= 11 is 0. The van der Waals surface area contributed by atoms with Crippen molar-refractivity contribution in [2.45, 2.75) is 59.8 Å². The fourth-order valence-corrected chi connectivity index (χ4v) is 4.06. The number of nitrogens with one attached hydrogen (secondary N) is 1. The van der Waals surface area contributed by atoms with Crippen LogP contribution in [0.5, 0.6) is 0 Å². The van der Waals surface area contributed by atoms with Gasteiger partial charge in [-0.15, -0.1) is 0 Å². The van der Waals surface area contributed by atoms with Gasteiger partial charge in [0.1, 0.15) is 0 Å². The molecule has 0 radical (unpaired) electrons. The lowest BCUT2D eigenvalue weighted by molar-refractivity contribution is 0.104. The average Bonchev–Trinajstić information content (AvgIpc) is 2.45. The van der Waals surface area contributed by atoms with Crippen molar-refractivity contribution in [1.29, 1.82) is 0 Å². The molecule has 20 heavy (non-hydrogen) atoms. The van der Waals surface area contributed by atoms with Crippen molar-refractivity contribution in [3.8, 4) is 0 Å². The zero-order valence-electron chi connectivity index (χ0n) is 14.3. The van der Waals surface area contributed by atoms with Crippen LogP contribution in [-0.2, 0) is 0 Å². The minimum absolute atomic E-state index is 0.508. The highest BCUT2D eigenvalue weighted by Gasteiger charge is 2.29. The van der Waals surface area contributed by atoms with E-state index >= 15 is 0 Å². The minimum Gasteiger partial charge on any atom is -0.317 e. The van der Waals surface area contributed by atoms with Crippen LogP contribution in [0, 0.1) is 23.2 Å². The summed E-state index contributed by atoms with van der Waals surface area (Å²) in [4.78, 5) is 2.72. The van der Waals surface area contributed by atoms with Crippen molar-refractivity contribution in [2.24, 2.45) is 23.2 Å². The summed E-state index contributed by atoms with van der Waals surface area (Å²) in [5, 5.41) is 3.48. The van der Waals surface area contributed by atoms with Crippen molar-refractivity contribution in [3.63, 3.8) is 0 Å². The molecule has 2 aliphatic heterocycles. The van der Waals surface area contributed by atoms with Crippen LogP contribution in [0.3, 0.4) is 0 Å². The first-order chi connectivity index (χ1) is 9.47. The standard InChI is InChI=1S/C18H36N2/c1-15(16-5-10-19-11-6-16)7-12-20-13-8-17(9-14-20)18(2,3)4/h15-17,19H,5-14H2,1-4H3. The maximum absolute atomic E-state index is 3.48. The fraction of sp³-hybridized carbons (Fsp3) is 1.00. The Morgan fingerprint density at radius 1 is 1.05 bits per heavy atom. The molecule has 2 heterocycles. The number of hydrogen-bond acceptors (Lipinski definition) is 2. The van der Waals surface area contributed by atoms with Gasteiger partial charge in [0.25, 0.3) is 0 Å². The van der Waals surface area contributed by atoms with Gasteiger partial charge in [-0.2, -0.15) is 0 Å². The molecule has 1 unspecified atom stereocenters. The summed E-state index contributed by atoms with van der Waals surface area (Å²) in [5.41, 5.74) is 0.508. The smallest absolute Gasteiger partial charge is 0.00159 e. The van der Waals surface area contributed by atoms with Crippen LogP contribution in [0.15, 0.2) is 0 Å². The number of rotatable bonds is 4. The third kappa shape index (κ3) is 4.73. The molecular weight excluding hydrogens is 244 g/mol. The number of likely N-dealkylation sites (tertiary alicyclic amines) is 1. The zero-order valence-corrected chi connectivity index (χ0v) is 14.3. The molecule has 0 aromatic carbocycles. The Morgan fingerprint density at radius 3 is 2.20 bits per heavy atom. The molecule has 0 aliphatic carbocycles. The van der Waals surface area contributed by atoms with Gasteiger partial charge in [-0.05, 0) is 88.0 Å². The van der Waals surface area contributed by atoms with E-state index in [1.807, 2.05) is 0 Å². The lowest BCUT2D eigenvalue weighted by Gasteiger charge is -2.39. The van der Waals surface area contributed by atoms with E-state index in [2.05, 4.69) is 37.9 Å². The van der Waals surface area contributed by atoms with Crippen LogP contribution in [0.1, 0.15) is 59.8 Å². The highest BCUT2D eigenvalue weighted by atomic mass is 15.1. The van der Waals surface area contributed by atoms with E-state index in [0.29, 0.717) is 5.41 Å². The van der Waals surface area contributed by atoms with E-state index in [-0.39, 0.29) is 0 Å². The number of nitrogens with zero attached hydrogens (tertiary/aromatic N) is 1. The first-order valence-corrected chi connectivity index (χ1v) is 8.90. The van der Waals surface area contributed by atoms with Gasteiger partial charge in [0.2, 0.25) is 0 Å². The van der Waals surface area contributed by atoms with Gasteiger partial charge in [-0.25, -0.2) is 0 Å². The molecular formula is C18H36N2. The second-order valence-corrected chi connectivity index (χ2v) is 8.34. The second-order valence-electron chi connectivity index (χ2n) is 8.34. The molecule has 1 N–H and O–H groups in total. The predicted molar refractivity (Wildman–Crippen MR) is 88.0 cm³/mol. The van der Waals surface area contributed by atoms with Gasteiger partial charge in [-0.3, -0.25) is 0 Å². The topological polar surface area (TPSA) is 15.3 Å². The highest BCUT2D eigenvalue weighted by Crippen LogP contribution is 2.34. The van der Waals surface area contributed by atoms with Crippen LogP contribution >= 0.6 is 0 Å². The minimum atomic E-state index is 0.508. The maximum atomic E-state index is 3.48. The summed E-state index contributed by atoms with van der Waals surface area (Å²) in [7, 11) is 0. The molecule has 0 aromatic rings. The van der Waals surface area contributed by atoms with Gasteiger partial charge in [-0.1, -0.05) is 27.7 Å². The molecule has 2 saturated heterocycles. The molecule has 2 nitrogen and oxygen atoms in total. The Kier molecular flexibility index (Phi) is 5.92. The summed E-state index contributed by atoms with van der Waals surface area (Å²) in [6, 6.07) is 0. The molecule has 2 aliphatic rings. The van der Waals surface area contributed by atoms with Crippen molar-refractivity contribution < 1.29 is 0 Å². The third-order valence-electron chi connectivity index (χ3n) is 5.90. The van der Waals surface area contributed by atoms with E-state index in [9.17, 15) is 0 Å². The number of piperidine rings is 2. The molecule has 2 rings (SSSR count). The van der Waals surface area contributed by atoms with Crippen LogP contribution in [-0.4, -0.2) is 37.6 Å². The summed E-state index contributed by atoms with van der Waals surface area (Å²) < 4.78 is 0. The van der Waals surface area contributed by atoms with Gasteiger partial charge in [0.05, 0.1) is 0 Å². The van der Waals surface area contributed by atoms with E-state index in [4.69, 9.17) is 0 Å². The Labute approximate surface area is 126 Å². The molecule has 2 heteroatoms. The monoisotopic (exact) mass is 280 g/mol. The fourth-order valence-electron chi connectivity index (χ4n) is 4.06. The molecule has 0 saturated carbocycles. The van der Waals surface area contributed by atoms with Crippen molar-refractivity contribution in [3.05, 3.63) is 0 Å². The van der Waals surface area contributed by atoms with Crippen LogP contribution in [0.2, 0.25) is 0 Å². The third-order valence-corrected chi connectivity index (χ3v) is 5.90. The van der Waals surface area contributed by atoms with E-state index in [1.54, 1.807) is 0 Å². The van der Waals surface area contributed by atoms with E-state index < -0.39 is 0 Å². The van der Waals surface area contributed by atoms with E-state index in [0.717, 1.165) is 17.8 Å². The zero-order chi connectivity index (χ0) is 14.6. The Balaban J connectivity index is 1.65. The molecule has 0 aromatic heterocycles. The molecule has 1 atom stereocenters. The Morgan fingerprint density at radius 2 is 1.65 bits per heavy atom. The molecule has 0 spiro atoms. The van der Waals surface area contributed by atoms with Crippen molar-refractivity contribution in [2.75, 3.05) is 32.7 Å². The van der Waals surface area contributed by atoms with Gasteiger partial charge in [0.15, 0.2) is 0 Å². The maximum Gasteiger partial charge on any atom is -0.00159 e. The quantitative estimate of drug-likeness (QED) is 0.843. The lowest BCUT2D eigenvalue weighted by atomic mass is 9.75. The predicted octanol–water partition coefficient (Wildman–Crippen LogP) is 3.77. The second kappa shape index (κ2) is 7.26. The van der Waals surface area contributed by atoms with Crippen LogP contribution < -0.4 is 5.32 Å². The van der Waals surface area contributed by atoms with Gasteiger partial charge >= 0.3 is 0 Å². The van der Waals surface area contributed by atoms with Crippen LogP contribution in [0.25, 0.3) is 0 Å². The largest absolute Gasteiger partial charge is 0.317 e. The van der Waals surface area contributed by atoms with Crippen molar-refractivity contribution in [1.82, 2.24) is 10.2 Å². The summed E-state index contributed by atoms with van der Waals surface area (Å²) in [6.07, 6.45) is 7.02. The first kappa shape index (κ1) is 16.3. The normalized spacial score (nSPS) is 25.8. The molecule has 2 fully saturated rings. The Bertz CT molecular complexity index is 268. The number of hydrogen-bond donors (Lipinski definition) is 1. The molecule has 0 amide bonds. The van der Waals surface area contributed by atoms with Gasteiger partial charge in [0, 0.05) is 0 Å². The Hall–Kier alpha value is -0.0800. The van der Waals surface area contributed by atoms with Gasteiger partial charge < -0.3 is 10.2 Å². The average molecular weight is 280 g/mol.